The average Bonchev–Trinajstić information content (AvgIpc) is 4.09. The summed E-state index contributed by atoms with van der Waals surface area (Å²) in [6.07, 6.45) is 0. The van der Waals surface area contributed by atoms with E-state index in [1.165, 1.54) is 60.4 Å². The molecular weight excluding hydrogens is 1070 g/mol. The molecule has 0 N–H and O–H groups in total. The van der Waals surface area contributed by atoms with Gasteiger partial charge in [-0.1, -0.05) is 123 Å². The van der Waals surface area contributed by atoms with Gasteiger partial charge in [0.05, 0.1) is 11.2 Å². The number of para-hydroxylation sites is 2. The van der Waals surface area contributed by atoms with Crippen molar-refractivity contribution >= 4 is 174 Å². The average molecular weight is 1110 g/mol. The summed E-state index contributed by atoms with van der Waals surface area (Å²) in [6.45, 7) is 8.25. The first kappa shape index (κ1) is 42.1. The highest BCUT2D eigenvalue weighted by Gasteiger charge is 2.51. The van der Waals surface area contributed by atoms with Crippen LogP contribution in [0.1, 0.15) is 27.7 Å². The van der Waals surface area contributed by atoms with Gasteiger partial charge in [0.2, 0.25) is 0 Å². The number of benzene rings is 8. The molecule has 8 aromatic carbocycles. The van der Waals surface area contributed by atoms with Crippen LogP contribution in [0.4, 0.5) is 0 Å². The largest absolute Gasteiger partial charge is 0.494 e. The first-order valence-corrected chi connectivity index (χ1v) is 25.3. The number of rotatable bonds is 2. The van der Waals surface area contributed by atoms with Crippen LogP contribution in [0, 0.1) is 3.57 Å². The van der Waals surface area contributed by atoms with E-state index in [0.717, 1.165) is 52.9 Å². The Hall–Kier alpha value is -4.53. The highest BCUT2D eigenvalue weighted by atomic mass is 127. The molecule has 1 aliphatic heterocycles. The van der Waals surface area contributed by atoms with Crippen LogP contribution in [0.2, 0.25) is 0 Å². The molecule has 0 amide bonds. The van der Waals surface area contributed by atoms with E-state index in [1.54, 1.807) is 0 Å². The summed E-state index contributed by atoms with van der Waals surface area (Å²) in [5.41, 5.74) is 6.39. The molecule has 4 nitrogen and oxygen atoms in total. The van der Waals surface area contributed by atoms with E-state index in [4.69, 9.17) is 18.1 Å². The molecule has 0 unspecified atom stereocenters. The third-order valence-corrected chi connectivity index (χ3v) is 17.0. The Labute approximate surface area is 408 Å². The zero-order valence-corrected chi connectivity index (χ0v) is 42.1. The molecule has 0 aliphatic carbocycles. The van der Waals surface area contributed by atoms with Gasteiger partial charge in [-0.2, -0.15) is 0 Å². The Morgan fingerprint density at radius 2 is 0.922 bits per heavy atom. The van der Waals surface area contributed by atoms with E-state index in [-0.39, 0.29) is 18.3 Å². The molecule has 0 bridgehead atoms. The van der Waals surface area contributed by atoms with Gasteiger partial charge in [0.1, 0.15) is 22.3 Å². The summed E-state index contributed by atoms with van der Waals surface area (Å²) in [5.74, 6) is 0. The van der Waals surface area contributed by atoms with Gasteiger partial charge < -0.3 is 18.1 Å². The van der Waals surface area contributed by atoms with Crippen molar-refractivity contribution in [3.05, 3.63) is 170 Å². The molecule has 0 atom stereocenters. The van der Waals surface area contributed by atoms with Gasteiger partial charge in [-0.15, -0.1) is 22.7 Å². The maximum atomic E-state index is 6.11. The summed E-state index contributed by atoms with van der Waals surface area (Å²) < 4.78 is 33.2. The number of hydrogen-bond donors (Lipinski definition) is 0. The summed E-state index contributed by atoms with van der Waals surface area (Å²) in [4.78, 5) is 0. The topological polar surface area (TPSA) is 44.7 Å². The molecule has 5 heterocycles. The molecule has 0 saturated carbocycles. The fourth-order valence-corrected chi connectivity index (χ4v) is 13.1. The summed E-state index contributed by atoms with van der Waals surface area (Å²) in [7, 11) is -0.359. The third kappa shape index (κ3) is 7.49. The minimum Gasteiger partial charge on any atom is -0.456 e. The van der Waals surface area contributed by atoms with Gasteiger partial charge >= 0.3 is 7.12 Å². The quantitative estimate of drug-likeness (QED) is 0.128. The zero-order chi connectivity index (χ0) is 43.9. The third-order valence-electron chi connectivity index (χ3n) is 12.5. The molecule has 1 fully saturated rings. The van der Waals surface area contributed by atoms with Gasteiger partial charge in [0.15, 0.2) is 0 Å². The van der Waals surface area contributed by atoms with E-state index in [2.05, 4.69) is 203 Å². The number of hydrogen-bond acceptors (Lipinski definition) is 6. The van der Waals surface area contributed by atoms with Gasteiger partial charge in [0, 0.05) is 80.0 Å². The van der Waals surface area contributed by atoms with Crippen LogP contribution < -0.4 is 5.46 Å². The minimum absolute atomic E-state index is 0.333. The Bertz CT molecular complexity index is 3750. The van der Waals surface area contributed by atoms with Crippen molar-refractivity contribution in [1.82, 2.24) is 0 Å². The van der Waals surface area contributed by atoms with Crippen molar-refractivity contribution in [2.24, 2.45) is 0 Å². The molecule has 0 spiro atoms. The van der Waals surface area contributed by atoms with E-state index >= 15 is 0 Å². The molecule has 0 radical (unpaired) electrons. The molecule has 10 heteroatoms. The normalized spacial score (nSPS) is 14.6. The lowest BCUT2D eigenvalue weighted by molar-refractivity contribution is 0.00578. The molecule has 64 heavy (non-hydrogen) atoms. The van der Waals surface area contributed by atoms with Crippen molar-refractivity contribution < 1.29 is 18.1 Å². The number of thiophene rings is 2. The van der Waals surface area contributed by atoms with Crippen molar-refractivity contribution in [3.63, 3.8) is 0 Å². The maximum absolute atomic E-state index is 6.11. The van der Waals surface area contributed by atoms with Crippen LogP contribution in [-0.2, 0) is 9.31 Å². The van der Waals surface area contributed by atoms with Gasteiger partial charge in [0.25, 0.3) is 0 Å². The zero-order valence-electron chi connectivity index (χ0n) is 35.2. The number of furan rings is 2. The van der Waals surface area contributed by atoms with Crippen LogP contribution in [-0.4, -0.2) is 18.3 Å². The predicted molar refractivity (Wildman–Crippen MR) is 289 cm³/mol. The first-order chi connectivity index (χ1) is 30.9. The van der Waals surface area contributed by atoms with E-state index in [1.807, 2.05) is 59.1 Å². The Kier molecular flexibility index (Phi) is 10.8. The summed E-state index contributed by atoms with van der Waals surface area (Å²) in [5, 5.41) is 9.91. The first-order valence-electron chi connectivity index (χ1n) is 21.0. The Balaban J connectivity index is 0.000000111. The van der Waals surface area contributed by atoms with Gasteiger partial charge in [-0.3, -0.25) is 0 Å². The molecule has 1 saturated heterocycles. The standard InChI is InChI=1S/C24H13BrOS.C18H19BO3.C12H6BrIS/c25-15-12-19(24-20(13-15)18-6-2-4-8-23(18)27-24)14-9-10-17-16-5-1-3-7-21(16)26-22(17)11-14;1-17(2)18(3,4)22-19(21-17)12-9-10-14-13-7-5-6-8-15(13)20-16(14)11-12;13-7-5-9-8-3-1-2-4-11(8)15-12(9)10(14)6-7/h1-13H;5-11H,1-4H3;1-6H. The predicted octanol–water partition coefficient (Wildman–Crippen LogP) is 17.7. The minimum atomic E-state index is -0.359. The van der Waals surface area contributed by atoms with Crippen LogP contribution in [0.25, 0.3) is 95.3 Å². The Morgan fingerprint density at radius 1 is 0.453 bits per heavy atom. The second kappa shape index (κ2) is 16.4. The van der Waals surface area contributed by atoms with Crippen LogP contribution in [0.15, 0.2) is 176 Å². The van der Waals surface area contributed by atoms with Crippen LogP contribution in [0.3, 0.4) is 0 Å². The van der Waals surface area contributed by atoms with E-state index in [9.17, 15) is 0 Å². The second-order valence-electron chi connectivity index (χ2n) is 17.0. The molecule has 13 rings (SSSR count). The molecule has 12 aromatic rings. The van der Waals surface area contributed by atoms with Crippen LogP contribution >= 0.6 is 77.1 Å². The molecular formula is C54H38BBr2IO4S2. The van der Waals surface area contributed by atoms with Crippen molar-refractivity contribution in [3.8, 4) is 11.1 Å². The van der Waals surface area contributed by atoms with Crippen molar-refractivity contribution in [2.75, 3.05) is 0 Å². The van der Waals surface area contributed by atoms with Crippen molar-refractivity contribution in [2.45, 2.75) is 38.9 Å². The SMILES string of the molecule is Brc1cc(-c2ccc3c(c2)oc2ccccc23)c2sc3ccccc3c2c1.Brc1cc(I)c2sc3ccccc3c2c1.CC1(C)OB(c2ccc3c(c2)oc2ccccc23)OC1(C)C. The Morgan fingerprint density at radius 3 is 1.53 bits per heavy atom. The molecule has 1 aliphatic rings. The molecule has 314 valence electrons. The summed E-state index contributed by atoms with van der Waals surface area (Å²) >= 11 is 13.4. The lowest BCUT2D eigenvalue weighted by Gasteiger charge is -2.32. The fourth-order valence-electron chi connectivity index (χ4n) is 8.52. The summed E-state index contributed by atoms with van der Waals surface area (Å²) in [6, 6.07) is 55.0. The van der Waals surface area contributed by atoms with Gasteiger partial charge in [-0.25, -0.2) is 0 Å². The molecule has 4 aromatic heterocycles. The smallest absolute Gasteiger partial charge is 0.456 e. The van der Waals surface area contributed by atoms with Crippen molar-refractivity contribution in [1.29, 1.82) is 0 Å². The second-order valence-corrected chi connectivity index (χ2v) is 22.1. The van der Waals surface area contributed by atoms with E-state index in [0.29, 0.717) is 0 Å². The maximum Gasteiger partial charge on any atom is 0.494 e. The lowest BCUT2D eigenvalue weighted by Crippen LogP contribution is -2.41. The lowest BCUT2D eigenvalue weighted by atomic mass is 9.79. The fraction of sp³-hybridized carbons (Fsp3) is 0.111. The highest BCUT2D eigenvalue weighted by molar-refractivity contribution is 14.1. The monoisotopic (exact) mass is 1110 g/mol. The highest BCUT2D eigenvalue weighted by Crippen LogP contribution is 2.44. The van der Waals surface area contributed by atoms with Crippen LogP contribution in [0.5, 0.6) is 0 Å². The van der Waals surface area contributed by atoms with E-state index < -0.39 is 0 Å². The number of halogens is 3. The van der Waals surface area contributed by atoms with Gasteiger partial charge in [-0.05, 0) is 128 Å². The number of fused-ring (bicyclic) bond motifs is 12.